The molecule has 4 N–H and O–H groups in total. The van der Waals surface area contributed by atoms with Gasteiger partial charge in [0.15, 0.2) is 0 Å². The molecule has 0 saturated carbocycles. The third-order valence-electron chi connectivity index (χ3n) is 4.80. The van der Waals surface area contributed by atoms with Crippen LogP contribution < -0.4 is 16.4 Å². The monoisotopic (exact) mass is 456 g/mol. The first-order valence-electron chi connectivity index (χ1n) is 9.63. The Morgan fingerprint density at radius 1 is 1.03 bits per heavy atom. The van der Waals surface area contributed by atoms with Crippen molar-refractivity contribution < 1.29 is 18.0 Å². The Bertz CT molecular complexity index is 1220. The second-order valence-electron chi connectivity index (χ2n) is 7.02. The number of aromatic nitrogens is 1. The maximum Gasteiger partial charge on any atom is 0.416 e. The molecule has 0 atom stereocenters. The van der Waals surface area contributed by atoms with E-state index in [0.29, 0.717) is 11.4 Å². The molecule has 0 spiro atoms. The van der Waals surface area contributed by atoms with Crippen LogP contribution >= 0.6 is 11.3 Å². The lowest BCUT2D eigenvalue weighted by atomic mass is 10.1. The molecule has 9 heteroatoms. The number of hydrogen-bond acceptors (Lipinski definition) is 4. The Morgan fingerprint density at radius 3 is 2.47 bits per heavy atom. The van der Waals surface area contributed by atoms with Crippen LogP contribution in [0.3, 0.4) is 0 Å². The van der Waals surface area contributed by atoms with Crippen molar-refractivity contribution in [3.63, 3.8) is 0 Å². The standard InChI is InChI=1S/C23H19F3N4OS/c24-23(25,26)17-9-16(10-20(11-17)30-6-1-2-7-30)22(31)29-18-4-3-15(13-27)21(12-18)28-19-5-8-32-14-19/h1-12,14,28H,13,27H2,(H,29,31). The molecule has 32 heavy (non-hydrogen) atoms. The Kier molecular flexibility index (Phi) is 6.02. The number of thiophene rings is 1. The summed E-state index contributed by atoms with van der Waals surface area (Å²) in [6, 6.07) is 13.7. The van der Waals surface area contributed by atoms with E-state index in [0.717, 1.165) is 23.4 Å². The van der Waals surface area contributed by atoms with Gasteiger partial charge in [-0.2, -0.15) is 24.5 Å². The largest absolute Gasteiger partial charge is 0.416 e. The maximum atomic E-state index is 13.4. The van der Waals surface area contributed by atoms with Crippen LogP contribution in [0.5, 0.6) is 0 Å². The summed E-state index contributed by atoms with van der Waals surface area (Å²) in [6.45, 7) is 0.286. The van der Waals surface area contributed by atoms with Crippen LogP contribution in [-0.2, 0) is 12.7 Å². The number of hydrogen-bond donors (Lipinski definition) is 3. The third-order valence-corrected chi connectivity index (χ3v) is 5.48. The molecular weight excluding hydrogens is 437 g/mol. The fourth-order valence-electron chi connectivity index (χ4n) is 3.20. The van der Waals surface area contributed by atoms with E-state index in [4.69, 9.17) is 5.73 Å². The number of halogens is 3. The van der Waals surface area contributed by atoms with Crippen molar-refractivity contribution in [2.45, 2.75) is 12.7 Å². The molecule has 4 rings (SSSR count). The molecule has 0 saturated heterocycles. The maximum absolute atomic E-state index is 13.4. The summed E-state index contributed by atoms with van der Waals surface area (Å²) < 4.78 is 41.8. The van der Waals surface area contributed by atoms with Crippen LogP contribution in [0.1, 0.15) is 21.5 Å². The number of alkyl halides is 3. The van der Waals surface area contributed by atoms with Crippen molar-refractivity contribution in [2.75, 3.05) is 10.6 Å². The summed E-state index contributed by atoms with van der Waals surface area (Å²) in [5, 5.41) is 9.78. The minimum absolute atomic E-state index is 0.0984. The number of nitrogens with zero attached hydrogens (tertiary/aromatic N) is 1. The van der Waals surface area contributed by atoms with Gasteiger partial charge in [-0.15, -0.1) is 0 Å². The molecule has 1 amide bonds. The van der Waals surface area contributed by atoms with Gasteiger partial charge in [0.1, 0.15) is 0 Å². The Hall–Kier alpha value is -3.56. The predicted octanol–water partition coefficient (Wildman–Crippen LogP) is 6.01. The van der Waals surface area contributed by atoms with Gasteiger partial charge in [-0.05, 0) is 59.5 Å². The average molecular weight is 456 g/mol. The quantitative estimate of drug-likeness (QED) is 0.333. The van der Waals surface area contributed by atoms with Gasteiger partial charge in [-0.1, -0.05) is 6.07 Å². The zero-order valence-electron chi connectivity index (χ0n) is 16.7. The first kappa shape index (κ1) is 21.7. The van der Waals surface area contributed by atoms with Crippen molar-refractivity contribution >= 4 is 34.3 Å². The molecule has 2 aromatic carbocycles. The highest BCUT2D eigenvalue weighted by atomic mass is 32.1. The Labute approximate surface area is 186 Å². The van der Waals surface area contributed by atoms with Gasteiger partial charge in [-0.3, -0.25) is 4.79 Å². The van der Waals surface area contributed by atoms with E-state index in [2.05, 4.69) is 10.6 Å². The highest BCUT2D eigenvalue weighted by Gasteiger charge is 2.32. The summed E-state index contributed by atoms with van der Waals surface area (Å²) in [5.41, 5.74) is 7.92. The molecule has 0 radical (unpaired) electrons. The second kappa shape index (κ2) is 8.89. The number of anilines is 3. The molecule has 5 nitrogen and oxygen atoms in total. The van der Waals surface area contributed by atoms with Gasteiger partial charge >= 0.3 is 6.18 Å². The highest BCUT2D eigenvalue weighted by Crippen LogP contribution is 2.32. The van der Waals surface area contributed by atoms with Crippen LogP contribution in [0.2, 0.25) is 0 Å². The van der Waals surface area contributed by atoms with E-state index in [9.17, 15) is 18.0 Å². The average Bonchev–Trinajstić information content (AvgIpc) is 3.47. The Morgan fingerprint density at radius 2 is 1.81 bits per heavy atom. The van der Waals surface area contributed by atoms with Crippen molar-refractivity contribution in [3.05, 3.63) is 94.4 Å². The van der Waals surface area contributed by atoms with Crippen LogP contribution in [0, 0.1) is 0 Å². The topological polar surface area (TPSA) is 72.1 Å². The first-order valence-corrected chi connectivity index (χ1v) is 10.6. The fourth-order valence-corrected chi connectivity index (χ4v) is 3.79. The van der Waals surface area contributed by atoms with Crippen LogP contribution in [0.15, 0.2) is 77.8 Å². The molecule has 2 aromatic heterocycles. The summed E-state index contributed by atoms with van der Waals surface area (Å²) in [7, 11) is 0. The highest BCUT2D eigenvalue weighted by molar-refractivity contribution is 7.08. The number of nitrogens with two attached hydrogens (primary N) is 1. The smallest absolute Gasteiger partial charge is 0.355 e. The van der Waals surface area contributed by atoms with Gasteiger partial charge in [0.2, 0.25) is 0 Å². The van der Waals surface area contributed by atoms with Gasteiger partial charge in [0, 0.05) is 52.6 Å². The first-order chi connectivity index (χ1) is 15.3. The third kappa shape index (κ3) is 4.84. The lowest BCUT2D eigenvalue weighted by Gasteiger charge is -2.15. The zero-order chi connectivity index (χ0) is 22.7. The van der Waals surface area contributed by atoms with Gasteiger partial charge in [-0.25, -0.2) is 0 Å². The molecule has 0 fully saturated rings. The number of carbonyl (C=O) groups excluding carboxylic acids is 1. The van der Waals surface area contributed by atoms with E-state index in [1.807, 2.05) is 16.8 Å². The van der Waals surface area contributed by atoms with Crippen molar-refractivity contribution in [1.29, 1.82) is 0 Å². The molecule has 0 unspecified atom stereocenters. The van der Waals surface area contributed by atoms with E-state index in [-0.39, 0.29) is 17.8 Å². The molecule has 0 aliphatic heterocycles. The number of benzene rings is 2. The lowest BCUT2D eigenvalue weighted by Crippen LogP contribution is -2.15. The summed E-state index contributed by atoms with van der Waals surface area (Å²) in [5.74, 6) is -0.647. The van der Waals surface area contributed by atoms with E-state index in [1.54, 1.807) is 42.7 Å². The number of carbonyl (C=O) groups is 1. The van der Waals surface area contributed by atoms with Gasteiger partial charge < -0.3 is 20.9 Å². The summed E-state index contributed by atoms with van der Waals surface area (Å²) in [4.78, 5) is 12.9. The molecule has 0 bridgehead atoms. The van der Waals surface area contributed by atoms with Crippen molar-refractivity contribution in [2.24, 2.45) is 5.73 Å². The fraction of sp³-hybridized carbons (Fsp3) is 0.0870. The van der Waals surface area contributed by atoms with E-state index >= 15 is 0 Å². The molecule has 0 aliphatic rings. The molecule has 4 aromatic rings. The van der Waals surface area contributed by atoms with E-state index < -0.39 is 17.6 Å². The predicted molar refractivity (Wildman–Crippen MR) is 121 cm³/mol. The number of nitrogens with one attached hydrogen (secondary N) is 2. The van der Waals surface area contributed by atoms with Gasteiger partial charge in [0.05, 0.1) is 5.56 Å². The van der Waals surface area contributed by atoms with Crippen LogP contribution in [-0.4, -0.2) is 10.5 Å². The minimum atomic E-state index is -4.58. The minimum Gasteiger partial charge on any atom is -0.355 e. The molecule has 2 heterocycles. The summed E-state index contributed by atoms with van der Waals surface area (Å²) >= 11 is 1.53. The second-order valence-corrected chi connectivity index (χ2v) is 7.80. The Balaban J connectivity index is 1.64. The molecule has 164 valence electrons. The lowest BCUT2D eigenvalue weighted by molar-refractivity contribution is -0.137. The summed E-state index contributed by atoms with van der Waals surface area (Å²) in [6.07, 6.45) is -1.35. The van der Waals surface area contributed by atoms with Crippen molar-refractivity contribution in [1.82, 2.24) is 4.57 Å². The molecule has 0 aliphatic carbocycles. The number of rotatable bonds is 6. The molecular formula is C23H19F3N4OS. The zero-order valence-corrected chi connectivity index (χ0v) is 17.5. The van der Waals surface area contributed by atoms with E-state index in [1.165, 1.54) is 22.0 Å². The number of amides is 1. The van der Waals surface area contributed by atoms with Gasteiger partial charge in [0.25, 0.3) is 5.91 Å². The van der Waals surface area contributed by atoms with Crippen molar-refractivity contribution in [3.8, 4) is 5.69 Å². The SMILES string of the molecule is NCc1ccc(NC(=O)c2cc(-n3cccc3)cc(C(F)(F)F)c2)cc1Nc1ccsc1. The van der Waals surface area contributed by atoms with Crippen LogP contribution in [0.25, 0.3) is 5.69 Å². The van der Waals surface area contributed by atoms with Crippen LogP contribution in [0.4, 0.5) is 30.2 Å². The normalized spacial score (nSPS) is 11.4.